The minimum absolute atomic E-state index is 0.0268. The summed E-state index contributed by atoms with van der Waals surface area (Å²) in [6.07, 6.45) is 1.69. The number of nitrogens with two attached hydrogens (primary N) is 1. The molecule has 1 aliphatic rings. The number of rotatable bonds is 3. The number of nitrogens with zero attached hydrogens (tertiary/aromatic N) is 2. The summed E-state index contributed by atoms with van der Waals surface area (Å²) in [6, 6.07) is 0. The van der Waals surface area contributed by atoms with E-state index in [1.165, 1.54) is 0 Å². The molecule has 0 aromatic heterocycles. The van der Waals surface area contributed by atoms with Crippen molar-refractivity contribution >= 4 is 12.0 Å². The lowest BCUT2D eigenvalue weighted by Crippen LogP contribution is -2.46. The number of hydrogen-bond acceptors (Lipinski definition) is 4. The van der Waals surface area contributed by atoms with E-state index in [0.717, 1.165) is 19.4 Å². The van der Waals surface area contributed by atoms with Crippen molar-refractivity contribution in [2.75, 3.05) is 33.2 Å². The molecule has 0 bridgehead atoms. The lowest BCUT2D eigenvalue weighted by atomic mass is 9.98. The van der Waals surface area contributed by atoms with Crippen LogP contribution in [0.2, 0.25) is 0 Å². The Morgan fingerprint density at radius 3 is 2.60 bits per heavy atom. The third kappa shape index (κ3) is 5.36. The number of likely N-dealkylation sites (tertiary alicyclic amines) is 1. The largest absolute Gasteiger partial charge is 0.444 e. The first-order valence-electron chi connectivity index (χ1n) is 7.15. The zero-order chi connectivity index (χ0) is 15.3. The van der Waals surface area contributed by atoms with Gasteiger partial charge in [-0.1, -0.05) is 0 Å². The maximum Gasteiger partial charge on any atom is 0.410 e. The van der Waals surface area contributed by atoms with Crippen LogP contribution in [0.15, 0.2) is 0 Å². The average molecular weight is 285 g/mol. The van der Waals surface area contributed by atoms with Crippen molar-refractivity contribution in [2.24, 2.45) is 11.7 Å². The number of amides is 2. The summed E-state index contributed by atoms with van der Waals surface area (Å²) < 4.78 is 5.39. The van der Waals surface area contributed by atoms with Crippen LogP contribution in [0, 0.1) is 5.92 Å². The zero-order valence-corrected chi connectivity index (χ0v) is 13.0. The minimum Gasteiger partial charge on any atom is -0.444 e. The van der Waals surface area contributed by atoms with Crippen molar-refractivity contribution in [1.29, 1.82) is 0 Å². The lowest BCUT2D eigenvalue weighted by molar-refractivity contribution is -0.129. The Balaban J connectivity index is 2.50. The second-order valence-corrected chi connectivity index (χ2v) is 6.41. The molecular weight excluding hydrogens is 258 g/mol. The van der Waals surface area contributed by atoms with Crippen molar-refractivity contribution in [3.8, 4) is 0 Å². The van der Waals surface area contributed by atoms with Crippen LogP contribution in [0.1, 0.15) is 33.6 Å². The van der Waals surface area contributed by atoms with Crippen molar-refractivity contribution in [1.82, 2.24) is 9.80 Å². The molecule has 1 saturated heterocycles. The molecule has 1 fully saturated rings. The Morgan fingerprint density at radius 1 is 1.40 bits per heavy atom. The summed E-state index contributed by atoms with van der Waals surface area (Å²) in [7, 11) is 1.75. The van der Waals surface area contributed by atoms with Crippen LogP contribution >= 0.6 is 0 Å². The van der Waals surface area contributed by atoms with Crippen LogP contribution in [0.4, 0.5) is 4.79 Å². The Labute approximate surface area is 121 Å². The SMILES string of the molecule is CN(C[C@@H]1CCCN(C(=O)OC(C)(C)C)C1)C(=O)CN. The first-order valence-corrected chi connectivity index (χ1v) is 7.15. The summed E-state index contributed by atoms with van der Waals surface area (Å²) in [4.78, 5) is 26.9. The normalized spacial score (nSPS) is 19.6. The van der Waals surface area contributed by atoms with Gasteiger partial charge < -0.3 is 20.3 Å². The Bertz CT molecular complexity index is 352. The summed E-state index contributed by atoms with van der Waals surface area (Å²) in [5.41, 5.74) is 4.87. The van der Waals surface area contributed by atoms with Crippen molar-refractivity contribution < 1.29 is 14.3 Å². The fourth-order valence-corrected chi connectivity index (χ4v) is 2.35. The van der Waals surface area contributed by atoms with Gasteiger partial charge in [-0.05, 0) is 39.5 Å². The van der Waals surface area contributed by atoms with E-state index in [1.807, 2.05) is 20.8 Å². The molecule has 0 aliphatic carbocycles. The first-order chi connectivity index (χ1) is 9.23. The summed E-state index contributed by atoms with van der Waals surface area (Å²) in [6.45, 7) is 7.60. The van der Waals surface area contributed by atoms with Gasteiger partial charge in [0.15, 0.2) is 0 Å². The minimum atomic E-state index is -0.476. The molecule has 0 unspecified atom stereocenters. The van der Waals surface area contributed by atoms with Crippen LogP contribution in [0.3, 0.4) is 0 Å². The maximum absolute atomic E-state index is 12.0. The van der Waals surface area contributed by atoms with Gasteiger partial charge in [-0.2, -0.15) is 0 Å². The molecular formula is C14H27N3O3. The van der Waals surface area contributed by atoms with E-state index < -0.39 is 5.60 Å². The molecule has 2 N–H and O–H groups in total. The molecule has 0 spiro atoms. The van der Waals surface area contributed by atoms with Gasteiger partial charge >= 0.3 is 6.09 Å². The fourth-order valence-electron chi connectivity index (χ4n) is 2.35. The van der Waals surface area contributed by atoms with Crippen LogP contribution in [0.5, 0.6) is 0 Å². The maximum atomic E-state index is 12.0. The highest BCUT2D eigenvalue weighted by Crippen LogP contribution is 2.20. The highest BCUT2D eigenvalue weighted by Gasteiger charge is 2.28. The molecule has 0 aromatic carbocycles. The smallest absolute Gasteiger partial charge is 0.410 e. The molecule has 1 aliphatic heterocycles. The van der Waals surface area contributed by atoms with Crippen molar-refractivity contribution in [3.63, 3.8) is 0 Å². The number of hydrogen-bond donors (Lipinski definition) is 1. The van der Waals surface area contributed by atoms with Gasteiger partial charge in [0, 0.05) is 26.7 Å². The summed E-state index contributed by atoms with van der Waals surface area (Å²) >= 11 is 0. The van der Waals surface area contributed by atoms with E-state index in [9.17, 15) is 9.59 Å². The van der Waals surface area contributed by atoms with E-state index in [0.29, 0.717) is 13.1 Å². The predicted molar refractivity (Wildman–Crippen MR) is 77.2 cm³/mol. The van der Waals surface area contributed by atoms with Gasteiger partial charge in [0.1, 0.15) is 5.60 Å². The van der Waals surface area contributed by atoms with Crippen LogP contribution in [0.25, 0.3) is 0 Å². The van der Waals surface area contributed by atoms with Crippen LogP contribution in [-0.2, 0) is 9.53 Å². The average Bonchev–Trinajstić information content (AvgIpc) is 2.36. The van der Waals surface area contributed by atoms with Crippen LogP contribution < -0.4 is 5.73 Å². The highest BCUT2D eigenvalue weighted by molar-refractivity contribution is 5.77. The van der Waals surface area contributed by atoms with Crippen LogP contribution in [-0.4, -0.2) is 60.6 Å². The molecule has 0 saturated carbocycles. The van der Waals surface area contributed by atoms with Gasteiger partial charge in [-0.15, -0.1) is 0 Å². The second kappa shape index (κ2) is 6.92. The summed E-state index contributed by atoms with van der Waals surface area (Å²) in [5, 5.41) is 0. The molecule has 1 rings (SSSR count). The molecule has 1 atom stereocenters. The quantitative estimate of drug-likeness (QED) is 0.841. The second-order valence-electron chi connectivity index (χ2n) is 6.41. The predicted octanol–water partition coefficient (Wildman–Crippen LogP) is 1.05. The Kier molecular flexibility index (Phi) is 5.80. The van der Waals surface area contributed by atoms with Gasteiger partial charge in [0.2, 0.25) is 5.91 Å². The molecule has 6 nitrogen and oxygen atoms in total. The van der Waals surface area contributed by atoms with E-state index in [-0.39, 0.29) is 24.5 Å². The molecule has 116 valence electrons. The topological polar surface area (TPSA) is 75.9 Å². The van der Waals surface area contributed by atoms with E-state index in [4.69, 9.17) is 10.5 Å². The Hall–Kier alpha value is -1.30. The molecule has 6 heteroatoms. The highest BCUT2D eigenvalue weighted by atomic mass is 16.6. The molecule has 0 aromatic rings. The number of piperidine rings is 1. The van der Waals surface area contributed by atoms with Gasteiger partial charge in [0.25, 0.3) is 0 Å². The summed E-state index contributed by atoms with van der Waals surface area (Å²) in [5.74, 6) is 0.219. The number of carbonyl (C=O) groups is 2. The lowest BCUT2D eigenvalue weighted by Gasteiger charge is -2.35. The number of likely N-dealkylation sites (N-methyl/N-ethyl adjacent to an activating group) is 1. The standard InChI is InChI=1S/C14H27N3O3/c1-14(2,3)20-13(19)17-7-5-6-11(10-17)9-16(4)12(18)8-15/h11H,5-10,15H2,1-4H3/t11-/m0/s1. The third-order valence-corrected chi connectivity index (χ3v) is 3.30. The van der Waals surface area contributed by atoms with E-state index >= 15 is 0 Å². The van der Waals surface area contributed by atoms with Crippen molar-refractivity contribution in [2.45, 2.75) is 39.2 Å². The Morgan fingerprint density at radius 2 is 2.05 bits per heavy atom. The number of carbonyl (C=O) groups excluding carboxylic acids is 2. The monoisotopic (exact) mass is 285 g/mol. The third-order valence-electron chi connectivity index (χ3n) is 3.30. The first kappa shape index (κ1) is 16.8. The van der Waals surface area contributed by atoms with E-state index in [1.54, 1.807) is 16.8 Å². The fraction of sp³-hybridized carbons (Fsp3) is 0.857. The molecule has 1 heterocycles. The van der Waals surface area contributed by atoms with Gasteiger partial charge in [-0.3, -0.25) is 4.79 Å². The molecule has 2 amide bonds. The van der Waals surface area contributed by atoms with Gasteiger partial charge in [-0.25, -0.2) is 4.79 Å². The molecule has 20 heavy (non-hydrogen) atoms. The molecule has 0 radical (unpaired) electrons. The van der Waals surface area contributed by atoms with E-state index in [2.05, 4.69) is 0 Å². The van der Waals surface area contributed by atoms with Crippen molar-refractivity contribution in [3.05, 3.63) is 0 Å². The zero-order valence-electron chi connectivity index (χ0n) is 13.0. The number of ether oxygens (including phenoxy) is 1. The van der Waals surface area contributed by atoms with Gasteiger partial charge in [0.05, 0.1) is 6.54 Å².